The molecule has 0 fully saturated rings. The fourth-order valence-electron chi connectivity index (χ4n) is 0.773. The molecule has 0 unspecified atom stereocenters. The van der Waals surface area contributed by atoms with Crippen LogP contribution < -0.4 is 4.74 Å². The van der Waals surface area contributed by atoms with Crippen LogP contribution in [0.2, 0.25) is 0 Å². The summed E-state index contributed by atoms with van der Waals surface area (Å²) >= 11 is 5.44. The summed E-state index contributed by atoms with van der Waals surface area (Å²) in [6.07, 6.45) is 0. The molecule has 0 N–H and O–H groups in total. The van der Waals surface area contributed by atoms with Crippen LogP contribution in [-0.2, 0) is 0 Å². The molecule has 2 nitrogen and oxygen atoms in total. The van der Waals surface area contributed by atoms with Crippen molar-refractivity contribution in [1.29, 1.82) is 0 Å². The molecule has 12 heavy (non-hydrogen) atoms. The van der Waals surface area contributed by atoms with Gasteiger partial charge in [0.2, 0.25) is 0 Å². The molecule has 1 aromatic rings. The zero-order valence-electron chi connectivity index (χ0n) is 6.46. The first-order valence-corrected chi connectivity index (χ1v) is 4.06. The maximum atomic E-state index is 6.72. The summed E-state index contributed by atoms with van der Waals surface area (Å²) in [7, 11) is 0. The normalized spacial score (nSPS) is 9.00. The monoisotopic (exact) mass is 181 g/mol. The number of nitrogens with zero attached hydrogens (tertiary/aromatic N) is 1. The van der Waals surface area contributed by atoms with Crippen molar-refractivity contribution in [1.82, 2.24) is 0 Å². The number of ether oxygens (including phenoxy) is 1. The Bertz CT molecular complexity index is 276. The molecule has 0 radical (unpaired) electrons. The van der Waals surface area contributed by atoms with Crippen LogP contribution in [0.4, 0.5) is 5.69 Å². The molecule has 0 bridgehead atoms. The topological polar surface area (TPSA) is 13.6 Å². The van der Waals surface area contributed by atoms with Crippen molar-refractivity contribution in [3.05, 3.63) is 35.7 Å². The summed E-state index contributed by atoms with van der Waals surface area (Å²) in [6, 6.07) is 6.97. The van der Waals surface area contributed by atoms with Gasteiger partial charge in [0.1, 0.15) is 12.4 Å². The van der Waals surface area contributed by atoms with Gasteiger partial charge in [-0.15, -0.1) is 11.6 Å². The van der Waals surface area contributed by atoms with Crippen LogP contribution >= 0.6 is 11.6 Å². The maximum absolute atomic E-state index is 6.72. The third kappa shape index (κ3) is 2.44. The lowest BCUT2D eigenvalue weighted by molar-refractivity contribution is 0.343. The van der Waals surface area contributed by atoms with Gasteiger partial charge in [-0.2, -0.15) is 0 Å². The zero-order chi connectivity index (χ0) is 8.81. The first kappa shape index (κ1) is 8.89. The molecule has 0 aliphatic heterocycles. The highest BCUT2D eigenvalue weighted by Gasteiger charge is 1.92. The van der Waals surface area contributed by atoms with Crippen molar-refractivity contribution in [2.45, 2.75) is 0 Å². The van der Waals surface area contributed by atoms with E-state index in [2.05, 4.69) is 4.85 Å². The second kappa shape index (κ2) is 4.63. The number of benzene rings is 1. The summed E-state index contributed by atoms with van der Waals surface area (Å²) in [5, 5.41) is 0. The first-order valence-electron chi connectivity index (χ1n) is 3.53. The van der Waals surface area contributed by atoms with Crippen molar-refractivity contribution in [2.75, 3.05) is 12.5 Å². The highest BCUT2D eigenvalue weighted by molar-refractivity contribution is 6.17. The van der Waals surface area contributed by atoms with Gasteiger partial charge in [-0.3, -0.25) is 0 Å². The molecule has 0 aliphatic rings. The van der Waals surface area contributed by atoms with Gasteiger partial charge < -0.3 is 4.74 Å². The molecule has 0 aromatic heterocycles. The van der Waals surface area contributed by atoms with Crippen LogP contribution in [0.3, 0.4) is 0 Å². The lowest BCUT2D eigenvalue weighted by Gasteiger charge is -2.02. The second-order valence-electron chi connectivity index (χ2n) is 2.14. The van der Waals surface area contributed by atoms with Crippen LogP contribution in [0.25, 0.3) is 4.85 Å². The van der Waals surface area contributed by atoms with Crippen molar-refractivity contribution in [3.63, 3.8) is 0 Å². The van der Waals surface area contributed by atoms with E-state index in [0.29, 0.717) is 18.2 Å². The van der Waals surface area contributed by atoms with Crippen molar-refractivity contribution < 1.29 is 4.74 Å². The average molecular weight is 182 g/mol. The number of hydrogen-bond acceptors (Lipinski definition) is 1. The number of rotatable bonds is 3. The Balaban J connectivity index is 2.60. The molecule has 3 heteroatoms. The Morgan fingerprint density at radius 1 is 1.33 bits per heavy atom. The van der Waals surface area contributed by atoms with Crippen LogP contribution in [0.15, 0.2) is 24.3 Å². The average Bonchev–Trinajstić information content (AvgIpc) is 2.15. The van der Waals surface area contributed by atoms with E-state index in [4.69, 9.17) is 22.9 Å². The lowest BCUT2D eigenvalue weighted by Crippen LogP contribution is -1.97. The van der Waals surface area contributed by atoms with Crippen molar-refractivity contribution in [2.24, 2.45) is 0 Å². The standard InChI is InChI=1S/C9H8ClNO/c1-11-8-2-4-9(5-3-8)12-7-6-10/h2-5H,6-7H2. The van der Waals surface area contributed by atoms with E-state index in [9.17, 15) is 0 Å². The molecular formula is C9H8ClNO. The van der Waals surface area contributed by atoms with Crippen LogP contribution in [0, 0.1) is 6.57 Å². The van der Waals surface area contributed by atoms with E-state index in [1.54, 1.807) is 24.3 Å². The van der Waals surface area contributed by atoms with Gasteiger partial charge in [0.15, 0.2) is 5.69 Å². The SMILES string of the molecule is [C-]#[N+]c1ccc(OCCCl)cc1. The molecule has 0 spiro atoms. The van der Waals surface area contributed by atoms with Gasteiger partial charge in [-0.05, 0) is 12.1 Å². The maximum Gasteiger partial charge on any atom is 0.187 e. The minimum Gasteiger partial charge on any atom is -0.492 e. The summed E-state index contributed by atoms with van der Waals surface area (Å²) < 4.78 is 5.22. The molecule has 0 heterocycles. The number of alkyl halides is 1. The highest BCUT2D eigenvalue weighted by Crippen LogP contribution is 2.17. The minimum absolute atomic E-state index is 0.477. The minimum atomic E-state index is 0.477. The quantitative estimate of drug-likeness (QED) is 0.517. The largest absolute Gasteiger partial charge is 0.492 e. The number of halogens is 1. The van der Waals surface area contributed by atoms with Gasteiger partial charge in [0.25, 0.3) is 0 Å². The van der Waals surface area contributed by atoms with E-state index >= 15 is 0 Å². The summed E-state index contributed by atoms with van der Waals surface area (Å²) in [6.45, 7) is 7.21. The van der Waals surface area contributed by atoms with Gasteiger partial charge in [0.05, 0.1) is 12.5 Å². The van der Waals surface area contributed by atoms with Crippen molar-refractivity contribution >= 4 is 17.3 Å². The molecule has 0 atom stereocenters. The van der Waals surface area contributed by atoms with Crippen molar-refractivity contribution in [3.8, 4) is 5.75 Å². The smallest absolute Gasteiger partial charge is 0.187 e. The van der Waals surface area contributed by atoms with E-state index in [-0.39, 0.29) is 0 Å². The molecule has 0 saturated carbocycles. The zero-order valence-corrected chi connectivity index (χ0v) is 7.21. The second-order valence-corrected chi connectivity index (χ2v) is 2.52. The van der Waals surface area contributed by atoms with Gasteiger partial charge in [-0.25, -0.2) is 4.85 Å². The van der Waals surface area contributed by atoms with Gasteiger partial charge in [-0.1, -0.05) is 12.1 Å². The molecular weight excluding hydrogens is 174 g/mol. The summed E-state index contributed by atoms with van der Waals surface area (Å²) in [4.78, 5) is 3.26. The Morgan fingerprint density at radius 3 is 2.50 bits per heavy atom. The molecule has 1 rings (SSSR count). The predicted octanol–water partition coefficient (Wildman–Crippen LogP) is 2.85. The van der Waals surface area contributed by atoms with E-state index in [1.165, 1.54) is 0 Å². The molecule has 1 aromatic carbocycles. The van der Waals surface area contributed by atoms with Crippen LogP contribution in [-0.4, -0.2) is 12.5 Å². The molecule has 0 aliphatic carbocycles. The third-order valence-corrected chi connectivity index (χ3v) is 1.47. The van der Waals surface area contributed by atoms with Gasteiger partial charge in [0, 0.05) is 0 Å². The summed E-state index contributed by atoms with van der Waals surface area (Å²) in [5.41, 5.74) is 0.619. The highest BCUT2D eigenvalue weighted by atomic mass is 35.5. The van der Waals surface area contributed by atoms with E-state index in [0.717, 1.165) is 5.75 Å². The van der Waals surface area contributed by atoms with E-state index < -0.39 is 0 Å². The lowest BCUT2D eigenvalue weighted by atomic mass is 10.3. The van der Waals surface area contributed by atoms with Crippen LogP contribution in [0.5, 0.6) is 5.75 Å². The van der Waals surface area contributed by atoms with E-state index in [1.807, 2.05) is 0 Å². The Labute approximate surface area is 76.5 Å². The Hall–Kier alpha value is -1.20. The number of hydrogen-bond donors (Lipinski definition) is 0. The van der Waals surface area contributed by atoms with Crippen LogP contribution in [0.1, 0.15) is 0 Å². The van der Waals surface area contributed by atoms with Gasteiger partial charge >= 0.3 is 0 Å². The third-order valence-electron chi connectivity index (χ3n) is 1.31. The predicted molar refractivity (Wildman–Crippen MR) is 48.9 cm³/mol. The fraction of sp³-hybridized carbons (Fsp3) is 0.222. The fourth-order valence-corrected chi connectivity index (χ4v) is 0.850. The molecule has 62 valence electrons. The first-order chi connectivity index (χ1) is 5.86. The molecule has 0 amide bonds. The Kier molecular flexibility index (Phi) is 3.43. The summed E-state index contributed by atoms with van der Waals surface area (Å²) in [5.74, 6) is 1.23. The molecule has 0 saturated heterocycles. The Morgan fingerprint density at radius 2 is 2.00 bits per heavy atom.